The van der Waals surface area contributed by atoms with Crippen molar-refractivity contribution in [3.8, 4) is 0 Å². The van der Waals surface area contributed by atoms with Crippen LogP contribution in [0.4, 0.5) is 0 Å². The van der Waals surface area contributed by atoms with Gasteiger partial charge in [0.15, 0.2) is 0 Å². The van der Waals surface area contributed by atoms with Crippen LogP contribution < -0.4 is 0 Å². The molecule has 90 valence electrons. The van der Waals surface area contributed by atoms with Crippen LogP contribution in [0.2, 0.25) is 0 Å². The quantitative estimate of drug-likeness (QED) is 0.457. The zero-order valence-electron chi connectivity index (χ0n) is 9.98. The van der Waals surface area contributed by atoms with Gasteiger partial charge in [0.2, 0.25) is 0 Å². The van der Waals surface area contributed by atoms with Crippen molar-refractivity contribution < 1.29 is 0 Å². The largest absolute Gasteiger partial charge is 0.236 e. The van der Waals surface area contributed by atoms with E-state index in [4.69, 9.17) is 0 Å². The fourth-order valence-electron chi connectivity index (χ4n) is 1.76. The second kappa shape index (κ2) is 6.00. The molecule has 1 aromatic carbocycles. The minimum absolute atomic E-state index is 0.607. The molecule has 2 rings (SSSR count). The average Bonchev–Trinajstić information content (AvgIpc) is 2.30. The van der Waals surface area contributed by atoms with Crippen molar-refractivity contribution in [2.24, 2.45) is 0 Å². The molecule has 2 nitrogen and oxygen atoms in total. The smallest absolute Gasteiger partial charge is 0.117 e. The van der Waals surface area contributed by atoms with Crippen LogP contribution in [0.3, 0.4) is 0 Å². The molecule has 1 atom stereocenters. The van der Waals surface area contributed by atoms with Crippen LogP contribution in [-0.4, -0.2) is 15.2 Å². The van der Waals surface area contributed by atoms with Gasteiger partial charge >= 0.3 is 0 Å². The van der Waals surface area contributed by atoms with Crippen molar-refractivity contribution in [2.75, 3.05) is 0 Å². The molecule has 0 radical (unpaired) electrons. The van der Waals surface area contributed by atoms with E-state index in [1.54, 1.807) is 6.33 Å². The number of rotatable bonds is 4. The zero-order chi connectivity index (χ0) is 12.3. The van der Waals surface area contributed by atoms with E-state index in [-0.39, 0.29) is 0 Å². The van der Waals surface area contributed by atoms with E-state index in [1.165, 1.54) is 21.8 Å². The molecule has 0 aliphatic rings. The topological polar surface area (TPSA) is 25.8 Å². The molecule has 1 unspecified atom stereocenters. The van der Waals surface area contributed by atoms with Gasteiger partial charge in [-0.05, 0) is 47.2 Å². The summed E-state index contributed by atoms with van der Waals surface area (Å²) < 4.78 is 1.23. The minimum atomic E-state index is 0.607. The molecule has 0 amide bonds. The molecule has 0 spiro atoms. The van der Waals surface area contributed by atoms with Crippen molar-refractivity contribution in [1.29, 1.82) is 0 Å². The van der Waals surface area contributed by atoms with Crippen LogP contribution in [0.25, 0.3) is 10.9 Å². The van der Waals surface area contributed by atoms with Gasteiger partial charge in [-0.15, -0.1) is 11.8 Å². The molecule has 17 heavy (non-hydrogen) atoms. The molecule has 2 aromatic rings. The van der Waals surface area contributed by atoms with Crippen molar-refractivity contribution in [3.05, 3.63) is 28.1 Å². The number of hydrogen-bond acceptors (Lipinski definition) is 3. The Morgan fingerprint density at radius 3 is 2.94 bits per heavy atom. The van der Waals surface area contributed by atoms with E-state index in [2.05, 4.69) is 64.6 Å². The number of benzene rings is 1. The molecular formula is C13H15IN2S. The first-order valence-electron chi connectivity index (χ1n) is 5.77. The Labute approximate surface area is 120 Å². The van der Waals surface area contributed by atoms with Crippen molar-refractivity contribution >= 4 is 45.3 Å². The normalized spacial score (nSPS) is 12.9. The maximum Gasteiger partial charge on any atom is 0.117 e. The fourth-order valence-corrected chi connectivity index (χ4v) is 3.38. The van der Waals surface area contributed by atoms with Gasteiger partial charge in [-0.3, -0.25) is 0 Å². The Bertz CT molecular complexity index is 516. The van der Waals surface area contributed by atoms with Crippen LogP contribution in [0.15, 0.2) is 29.6 Å². The van der Waals surface area contributed by atoms with E-state index < -0.39 is 0 Å². The van der Waals surface area contributed by atoms with Crippen LogP contribution in [-0.2, 0) is 0 Å². The highest BCUT2D eigenvalue weighted by Crippen LogP contribution is 2.30. The van der Waals surface area contributed by atoms with Crippen LogP contribution in [0.5, 0.6) is 0 Å². The lowest BCUT2D eigenvalue weighted by Crippen LogP contribution is -1.97. The first-order chi connectivity index (χ1) is 8.20. The summed E-state index contributed by atoms with van der Waals surface area (Å²) in [6, 6.07) is 6.31. The lowest BCUT2D eigenvalue weighted by Gasteiger charge is -2.10. The second-order valence-electron chi connectivity index (χ2n) is 4.06. The van der Waals surface area contributed by atoms with Crippen molar-refractivity contribution in [1.82, 2.24) is 9.97 Å². The summed E-state index contributed by atoms with van der Waals surface area (Å²) in [7, 11) is 0. The highest BCUT2D eigenvalue weighted by molar-refractivity contribution is 14.1. The summed E-state index contributed by atoms with van der Waals surface area (Å²) in [6.45, 7) is 4.48. The third-order valence-corrected chi connectivity index (χ3v) is 4.43. The highest BCUT2D eigenvalue weighted by atomic mass is 127. The molecule has 0 N–H and O–H groups in total. The molecule has 0 saturated heterocycles. The molecule has 0 aliphatic carbocycles. The fraction of sp³-hybridized carbons (Fsp3) is 0.385. The monoisotopic (exact) mass is 358 g/mol. The first-order valence-corrected chi connectivity index (χ1v) is 7.73. The summed E-state index contributed by atoms with van der Waals surface area (Å²) in [4.78, 5) is 8.73. The van der Waals surface area contributed by atoms with E-state index in [1.807, 2.05) is 11.8 Å². The van der Waals surface area contributed by atoms with Gasteiger partial charge in [-0.1, -0.05) is 20.3 Å². The Morgan fingerprint density at radius 1 is 1.35 bits per heavy atom. The molecule has 0 fully saturated rings. The minimum Gasteiger partial charge on any atom is -0.236 e. The molecule has 0 aliphatic heterocycles. The SMILES string of the molecule is CCCC(C)Sc1ncnc2ccc(I)cc12. The van der Waals surface area contributed by atoms with Gasteiger partial charge in [0, 0.05) is 14.2 Å². The number of halogens is 1. The van der Waals surface area contributed by atoms with Crippen LogP contribution in [0.1, 0.15) is 26.7 Å². The van der Waals surface area contributed by atoms with Crippen LogP contribution in [0, 0.1) is 3.57 Å². The number of fused-ring (bicyclic) bond motifs is 1. The van der Waals surface area contributed by atoms with E-state index in [0.717, 1.165) is 10.5 Å². The van der Waals surface area contributed by atoms with E-state index >= 15 is 0 Å². The van der Waals surface area contributed by atoms with Gasteiger partial charge in [-0.2, -0.15) is 0 Å². The Balaban J connectivity index is 2.36. The molecule has 1 heterocycles. The highest BCUT2D eigenvalue weighted by Gasteiger charge is 2.09. The summed E-state index contributed by atoms with van der Waals surface area (Å²) in [5, 5.41) is 2.89. The van der Waals surface area contributed by atoms with Crippen molar-refractivity contribution in [3.63, 3.8) is 0 Å². The molecule has 4 heteroatoms. The summed E-state index contributed by atoms with van der Waals surface area (Å²) in [5.41, 5.74) is 1.03. The van der Waals surface area contributed by atoms with Gasteiger partial charge in [0.05, 0.1) is 5.52 Å². The van der Waals surface area contributed by atoms with Gasteiger partial charge in [-0.25, -0.2) is 9.97 Å². The summed E-state index contributed by atoms with van der Waals surface area (Å²) in [6.07, 6.45) is 4.10. The van der Waals surface area contributed by atoms with E-state index in [0.29, 0.717) is 5.25 Å². The zero-order valence-corrected chi connectivity index (χ0v) is 13.0. The first kappa shape index (κ1) is 13.1. The third-order valence-electron chi connectivity index (χ3n) is 2.57. The molecule has 1 aromatic heterocycles. The van der Waals surface area contributed by atoms with Gasteiger partial charge < -0.3 is 0 Å². The van der Waals surface area contributed by atoms with Crippen LogP contribution >= 0.6 is 34.4 Å². The lowest BCUT2D eigenvalue weighted by atomic mass is 10.2. The molecule has 0 saturated carbocycles. The predicted molar refractivity (Wildman–Crippen MR) is 82.5 cm³/mol. The predicted octanol–water partition coefficient (Wildman–Crippen LogP) is 4.52. The maximum absolute atomic E-state index is 4.42. The van der Waals surface area contributed by atoms with Crippen molar-refractivity contribution in [2.45, 2.75) is 37.0 Å². The van der Waals surface area contributed by atoms with Gasteiger partial charge in [0.25, 0.3) is 0 Å². The summed E-state index contributed by atoms with van der Waals surface area (Å²) in [5.74, 6) is 0. The number of aromatic nitrogens is 2. The standard InChI is InChI=1S/C13H15IN2S/c1-3-4-9(2)17-13-11-7-10(14)5-6-12(11)15-8-16-13/h5-9H,3-4H2,1-2H3. The maximum atomic E-state index is 4.42. The lowest BCUT2D eigenvalue weighted by molar-refractivity contribution is 0.786. The summed E-state index contributed by atoms with van der Waals surface area (Å²) >= 11 is 4.18. The average molecular weight is 358 g/mol. The Morgan fingerprint density at radius 2 is 2.18 bits per heavy atom. The van der Waals surface area contributed by atoms with Gasteiger partial charge in [0.1, 0.15) is 11.4 Å². The molecular weight excluding hydrogens is 343 g/mol. The number of nitrogens with zero attached hydrogens (tertiary/aromatic N) is 2. The third kappa shape index (κ3) is 3.31. The number of thioether (sulfide) groups is 1. The molecule has 0 bridgehead atoms. The second-order valence-corrected chi connectivity index (χ2v) is 6.73. The Hall–Kier alpha value is -0.360. The Kier molecular flexibility index (Phi) is 4.62. The van der Waals surface area contributed by atoms with E-state index in [9.17, 15) is 0 Å². The number of hydrogen-bond donors (Lipinski definition) is 0.